The van der Waals surface area contributed by atoms with E-state index in [9.17, 15) is 8.42 Å². The number of aryl methyl sites for hydroxylation is 1. The van der Waals surface area contributed by atoms with Crippen LogP contribution in [0.2, 0.25) is 0 Å². The third-order valence-corrected chi connectivity index (χ3v) is 6.35. The molecule has 0 bridgehead atoms. The maximum atomic E-state index is 12.6. The van der Waals surface area contributed by atoms with Crippen LogP contribution >= 0.6 is 0 Å². The van der Waals surface area contributed by atoms with Crippen molar-refractivity contribution in [2.45, 2.75) is 24.3 Å². The summed E-state index contributed by atoms with van der Waals surface area (Å²) in [6.07, 6.45) is 2.73. The van der Waals surface area contributed by atoms with Gasteiger partial charge in [-0.1, -0.05) is 35.9 Å². The molecule has 0 amide bonds. The van der Waals surface area contributed by atoms with Crippen LogP contribution in [0, 0.1) is 6.92 Å². The molecule has 1 aliphatic rings. The van der Waals surface area contributed by atoms with Gasteiger partial charge < -0.3 is 4.98 Å². The topological polar surface area (TPSA) is 52.9 Å². The zero-order valence-corrected chi connectivity index (χ0v) is 13.7. The van der Waals surface area contributed by atoms with Crippen LogP contribution in [0.5, 0.6) is 0 Å². The third kappa shape index (κ3) is 2.56. The minimum absolute atomic E-state index is 0.0560. The first kappa shape index (κ1) is 14.5. The Morgan fingerprint density at radius 2 is 1.87 bits per heavy atom. The third-order valence-electron chi connectivity index (χ3n) is 4.42. The summed E-state index contributed by atoms with van der Waals surface area (Å²) in [6, 6.07) is 15.2. The van der Waals surface area contributed by atoms with Crippen molar-refractivity contribution < 1.29 is 8.42 Å². The van der Waals surface area contributed by atoms with Gasteiger partial charge in [-0.25, -0.2) is 8.42 Å². The molecule has 2 atom stereocenters. The minimum atomic E-state index is -3.37. The van der Waals surface area contributed by atoms with E-state index in [1.165, 1.54) is 10.9 Å². The van der Waals surface area contributed by atoms with Crippen molar-refractivity contribution in [2.24, 2.45) is 0 Å². The van der Waals surface area contributed by atoms with Crippen LogP contribution in [-0.2, 0) is 16.4 Å². The molecule has 1 aliphatic heterocycles. The van der Waals surface area contributed by atoms with Crippen molar-refractivity contribution in [1.29, 1.82) is 0 Å². The van der Waals surface area contributed by atoms with E-state index in [0.29, 0.717) is 11.4 Å². The Hall–Kier alpha value is -2.11. The summed E-state index contributed by atoms with van der Waals surface area (Å²) < 4.78 is 26.8. The number of hydrogen-bond acceptors (Lipinski definition) is 2. The Bertz CT molecular complexity index is 958. The number of sulfonamides is 1. The van der Waals surface area contributed by atoms with Gasteiger partial charge in [-0.05, 0) is 37.1 Å². The van der Waals surface area contributed by atoms with Crippen molar-refractivity contribution in [1.82, 2.24) is 9.29 Å². The average molecular weight is 326 g/mol. The van der Waals surface area contributed by atoms with E-state index in [1.54, 1.807) is 16.4 Å². The van der Waals surface area contributed by atoms with E-state index in [2.05, 4.69) is 11.1 Å². The number of H-pyrrole nitrogens is 1. The standard InChI is InChI=1S/C18H18N2O2S/c1-13-6-8-16(9-7-13)23(21,22)20-12-15(20)10-14-11-19-18-5-3-2-4-17(14)18/h2-9,11,15,19H,10,12H2,1H3/t15-,20?/m0/s1. The van der Waals surface area contributed by atoms with Crippen LogP contribution < -0.4 is 0 Å². The molecule has 2 heterocycles. The van der Waals surface area contributed by atoms with Crippen LogP contribution in [0.1, 0.15) is 11.1 Å². The van der Waals surface area contributed by atoms with Gasteiger partial charge in [-0.15, -0.1) is 0 Å². The van der Waals surface area contributed by atoms with Crippen molar-refractivity contribution in [3.8, 4) is 0 Å². The molecule has 118 valence electrons. The maximum Gasteiger partial charge on any atom is 0.243 e. The zero-order chi connectivity index (χ0) is 16.0. The van der Waals surface area contributed by atoms with Crippen LogP contribution in [0.4, 0.5) is 0 Å². The molecular weight excluding hydrogens is 308 g/mol. The van der Waals surface area contributed by atoms with Gasteiger partial charge in [0, 0.05) is 29.7 Å². The van der Waals surface area contributed by atoms with Crippen molar-refractivity contribution >= 4 is 20.9 Å². The molecule has 0 radical (unpaired) electrons. The van der Waals surface area contributed by atoms with Crippen LogP contribution in [0.3, 0.4) is 0 Å². The Morgan fingerprint density at radius 3 is 2.65 bits per heavy atom. The number of benzene rings is 2. The van der Waals surface area contributed by atoms with E-state index >= 15 is 0 Å². The van der Waals surface area contributed by atoms with E-state index in [-0.39, 0.29) is 6.04 Å². The number of nitrogens with zero attached hydrogens (tertiary/aromatic N) is 1. The average Bonchev–Trinajstić information content (AvgIpc) is 3.22. The highest BCUT2D eigenvalue weighted by Gasteiger charge is 2.44. The molecule has 1 unspecified atom stereocenters. The van der Waals surface area contributed by atoms with E-state index < -0.39 is 10.0 Å². The quantitative estimate of drug-likeness (QED) is 0.749. The highest BCUT2D eigenvalue weighted by atomic mass is 32.2. The minimum Gasteiger partial charge on any atom is -0.361 e. The van der Waals surface area contributed by atoms with Crippen molar-refractivity contribution in [2.75, 3.05) is 6.54 Å². The summed E-state index contributed by atoms with van der Waals surface area (Å²) in [5.74, 6) is 0. The molecule has 5 heteroatoms. The van der Waals surface area contributed by atoms with E-state index in [0.717, 1.165) is 17.5 Å². The fourth-order valence-electron chi connectivity index (χ4n) is 3.02. The molecular formula is C18H18N2O2S. The number of hydrogen-bond donors (Lipinski definition) is 1. The monoisotopic (exact) mass is 326 g/mol. The molecule has 4 nitrogen and oxygen atoms in total. The number of rotatable bonds is 4. The molecule has 23 heavy (non-hydrogen) atoms. The molecule has 0 aliphatic carbocycles. The van der Waals surface area contributed by atoms with Crippen LogP contribution in [-0.4, -0.2) is 30.3 Å². The van der Waals surface area contributed by atoms with Gasteiger partial charge in [0.25, 0.3) is 0 Å². The highest BCUT2D eigenvalue weighted by molar-refractivity contribution is 7.89. The van der Waals surface area contributed by atoms with E-state index in [1.807, 2.05) is 43.5 Å². The fourth-order valence-corrected chi connectivity index (χ4v) is 4.61. The lowest BCUT2D eigenvalue weighted by Crippen LogP contribution is -2.15. The summed E-state index contributed by atoms with van der Waals surface area (Å²) >= 11 is 0. The molecule has 2 aromatic carbocycles. The van der Waals surface area contributed by atoms with Gasteiger partial charge in [0.15, 0.2) is 0 Å². The molecule has 0 spiro atoms. The first-order valence-electron chi connectivity index (χ1n) is 7.69. The highest BCUT2D eigenvalue weighted by Crippen LogP contribution is 2.32. The second kappa shape index (κ2) is 5.22. The molecule has 0 saturated carbocycles. The predicted molar refractivity (Wildman–Crippen MR) is 90.9 cm³/mol. The number of nitrogens with one attached hydrogen (secondary N) is 1. The second-order valence-corrected chi connectivity index (χ2v) is 8.00. The molecule has 1 N–H and O–H groups in total. The van der Waals surface area contributed by atoms with Gasteiger partial charge in [-0.2, -0.15) is 4.31 Å². The van der Waals surface area contributed by atoms with Crippen LogP contribution in [0.15, 0.2) is 59.6 Å². The lowest BCUT2D eigenvalue weighted by molar-refractivity contribution is 0.551. The molecule has 1 saturated heterocycles. The summed E-state index contributed by atoms with van der Waals surface area (Å²) in [7, 11) is -3.37. The molecule has 1 aromatic heterocycles. The number of para-hydroxylation sites is 1. The Labute approximate surface area is 135 Å². The first-order chi connectivity index (χ1) is 11.1. The van der Waals surface area contributed by atoms with Gasteiger partial charge in [0.1, 0.15) is 0 Å². The van der Waals surface area contributed by atoms with Crippen molar-refractivity contribution in [3.63, 3.8) is 0 Å². The molecule has 4 rings (SSSR count). The van der Waals surface area contributed by atoms with Gasteiger partial charge >= 0.3 is 0 Å². The SMILES string of the molecule is Cc1ccc(S(=O)(=O)N2C[C@@H]2Cc2c[nH]c3ccccc23)cc1. The van der Waals surface area contributed by atoms with Crippen molar-refractivity contribution in [3.05, 3.63) is 65.9 Å². The summed E-state index contributed by atoms with van der Waals surface area (Å²) in [5, 5.41) is 1.17. The van der Waals surface area contributed by atoms with Gasteiger partial charge in [-0.3, -0.25) is 0 Å². The van der Waals surface area contributed by atoms with Gasteiger partial charge in [0.05, 0.1) is 4.90 Å². The second-order valence-electron chi connectivity index (χ2n) is 6.11. The summed E-state index contributed by atoms with van der Waals surface area (Å²) in [4.78, 5) is 3.62. The predicted octanol–water partition coefficient (Wildman–Crippen LogP) is 3.09. The fraction of sp³-hybridized carbons (Fsp3) is 0.222. The number of aromatic nitrogens is 1. The maximum absolute atomic E-state index is 12.6. The lowest BCUT2D eigenvalue weighted by atomic mass is 10.1. The Morgan fingerprint density at radius 1 is 1.13 bits per heavy atom. The normalized spacial score (nSPS) is 20.7. The summed E-state index contributed by atoms with van der Waals surface area (Å²) in [5.41, 5.74) is 3.33. The zero-order valence-electron chi connectivity index (χ0n) is 12.9. The van der Waals surface area contributed by atoms with E-state index in [4.69, 9.17) is 0 Å². The largest absolute Gasteiger partial charge is 0.361 e. The number of fused-ring (bicyclic) bond motifs is 1. The molecule has 3 aromatic rings. The molecule has 1 fully saturated rings. The first-order valence-corrected chi connectivity index (χ1v) is 9.13. The number of aromatic amines is 1. The Balaban J connectivity index is 1.55. The van der Waals surface area contributed by atoms with Gasteiger partial charge in [0.2, 0.25) is 10.0 Å². The lowest BCUT2D eigenvalue weighted by Gasteiger charge is -2.06. The Kier molecular flexibility index (Phi) is 3.28. The van der Waals surface area contributed by atoms with Crippen LogP contribution in [0.25, 0.3) is 10.9 Å². The summed E-state index contributed by atoms with van der Waals surface area (Å²) in [6.45, 7) is 2.54. The smallest absolute Gasteiger partial charge is 0.243 e.